The second-order valence-corrected chi connectivity index (χ2v) is 3.57. The van der Waals surface area contributed by atoms with Crippen LogP contribution in [-0.2, 0) is 13.2 Å². The first kappa shape index (κ1) is 11.0. The first-order valence-electron chi connectivity index (χ1n) is 4.75. The van der Waals surface area contributed by atoms with E-state index in [0.29, 0.717) is 16.5 Å². The van der Waals surface area contributed by atoms with Gasteiger partial charge in [-0.05, 0) is 6.07 Å². The van der Waals surface area contributed by atoms with E-state index in [2.05, 4.69) is 0 Å². The van der Waals surface area contributed by atoms with Crippen LogP contribution in [0.5, 0.6) is 0 Å². The van der Waals surface area contributed by atoms with Crippen LogP contribution >= 0.6 is 0 Å². The van der Waals surface area contributed by atoms with Gasteiger partial charge in [-0.3, -0.25) is 0 Å². The number of alkyl halides is 3. The van der Waals surface area contributed by atoms with Gasteiger partial charge < -0.3 is 9.67 Å². The highest BCUT2D eigenvalue weighted by Gasteiger charge is 2.28. The molecular formula is C11H10F3NO. The lowest BCUT2D eigenvalue weighted by Gasteiger charge is -2.08. The highest BCUT2D eigenvalue weighted by atomic mass is 19.4. The fraction of sp³-hybridized carbons (Fsp3) is 0.273. The average molecular weight is 229 g/mol. The quantitative estimate of drug-likeness (QED) is 0.841. The molecule has 2 rings (SSSR count). The highest BCUT2D eigenvalue weighted by molar-refractivity contribution is 5.83. The molecule has 0 aliphatic carbocycles. The van der Waals surface area contributed by atoms with Crippen molar-refractivity contribution in [3.8, 4) is 0 Å². The molecule has 0 saturated heterocycles. The molecule has 0 unspecified atom stereocenters. The molecule has 1 aromatic carbocycles. The minimum atomic E-state index is -4.26. The van der Waals surface area contributed by atoms with Crippen LogP contribution in [0.25, 0.3) is 10.9 Å². The molecule has 0 fully saturated rings. The van der Waals surface area contributed by atoms with Gasteiger partial charge in [0.25, 0.3) is 0 Å². The van der Waals surface area contributed by atoms with Crippen molar-refractivity contribution in [2.24, 2.45) is 0 Å². The molecule has 0 atom stereocenters. The number of aliphatic hydroxyl groups excluding tert-OH is 1. The molecule has 2 nitrogen and oxygen atoms in total. The van der Waals surface area contributed by atoms with E-state index in [1.54, 1.807) is 24.3 Å². The zero-order chi connectivity index (χ0) is 11.8. The number of hydrogen-bond donors (Lipinski definition) is 1. The van der Waals surface area contributed by atoms with Crippen molar-refractivity contribution in [1.82, 2.24) is 4.57 Å². The SMILES string of the molecule is OCc1cn(CC(F)(F)F)c2ccccc12. The van der Waals surface area contributed by atoms with Gasteiger partial charge in [-0.2, -0.15) is 13.2 Å². The Morgan fingerprint density at radius 2 is 1.88 bits per heavy atom. The number of benzene rings is 1. The summed E-state index contributed by atoms with van der Waals surface area (Å²) < 4.78 is 38.0. The van der Waals surface area contributed by atoms with Gasteiger partial charge in [0, 0.05) is 22.7 Å². The predicted octanol–water partition coefficient (Wildman–Crippen LogP) is 2.70. The third-order valence-corrected chi connectivity index (χ3v) is 2.39. The fourth-order valence-electron chi connectivity index (χ4n) is 1.77. The van der Waals surface area contributed by atoms with Gasteiger partial charge in [0.1, 0.15) is 6.54 Å². The van der Waals surface area contributed by atoms with E-state index in [0.717, 1.165) is 4.57 Å². The van der Waals surface area contributed by atoms with Crippen LogP contribution < -0.4 is 0 Å². The van der Waals surface area contributed by atoms with Gasteiger partial charge in [0.2, 0.25) is 0 Å². The fourth-order valence-corrected chi connectivity index (χ4v) is 1.77. The maximum atomic E-state index is 12.3. The summed E-state index contributed by atoms with van der Waals surface area (Å²) in [7, 11) is 0. The summed E-state index contributed by atoms with van der Waals surface area (Å²) in [5.41, 5.74) is 1.00. The standard InChI is InChI=1S/C11H10F3NO/c12-11(13,14)7-15-5-8(6-16)9-3-1-2-4-10(9)15/h1-5,16H,6-7H2. The molecule has 1 N–H and O–H groups in total. The van der Waals surface area contributed by atoms with Crippen LogP contribution in [0.15, 0.2) is 30.5 Å². The molecule has 1 heterocycles. The summed E-state index contributed by atoms with van der Waals surface area (Å²) in [6.07, 6.45) is -2.91. The van der Waals surface area contributed by atoms with Crippen LogP contribution in [0.2, 0.25) is 0 Å². The van der Waals surface area contributed by atoms with Gasteiger partial charge in [0.15, 0.2) is 0 Å². The van der Waals surface area contributed by atoms with E-state index in [-0.39, 0.29) is 6.61 Å². The Bertz CT molecular complexity index is 501. The Morgan fingerprint density at radius 1 is 1.19 bits per heavy atom. The van der Waals surface area contributed by atoms with Crippen molar-refractivity contribution in [2.75, 3.05) is 0 Å². The topological polar surface area (TPSA) is 25.2 Å². The summed E-state index contributed by atoms with van der Waals surface area (Å²) in [6.45, 7) is -1.29. The Morgan fingerprint density at radius 3 is 2.50 bits per heavy atom. The smallest absolute Gasteiger partial charge is 0.392 e. The number of rotatable bonds is 2. The third kappa shape index (κ3) is 2.04. The molecule has 1 aromatic heterocycles. The largest absolute Gasteiger partial charge is 0.406 e. The predicted molar refractivity (Wildman–Crippen MR) is 53.9 cm³/mol. The maximum absolute atomic E-state index is 12.3. The molecule has 0 radical (unpaired) electrons. The van der Waals surface area contributed by atoms with Crippen molar-refractivity contribution < 1.29 is 18.3 Å². The highest BCUT2D eigenvalue weighted by Crippen LogP contribution is 2.25. The zero-order valence-corrected chi connectivity index (χ0v) is 8.33. The van der Waals surface area contributed by atoms with Crippen molar-refractivity contribution in [2.45, 2.75) is 19.3 Å². The van der Waals surface area contributed by atoms with Crippen LogP contribution in [-0.4, -0.2) is 15.8 Å². The van der Waals surface area contributed by atoms with Gasteiger partial charge in [-0.15, -0.1) is 0 Å². The molecule has 0 aliphatic heterocycles. The number of aromatic nitrogens is 1. The van der Waals surface area contributed by atoms with Gasteiger partial charge >= 0.3 is 6.18 Å². The first-order valence-corrected chi connectivity index (χ1v) is 4.75. The number of para-hydroxylation sites is 1. The van der Waals surface area contributed by atoms with E-state index in [9.17, 15) is 13.2 Å². The van der Waals surface area contributed by atoms with E-state index in [1.165, 1.54) is 6.20 Å². The van der Waals surface area contributed by atoms with Crippen LogP contribution in [0, 0.1) is 0 Å². The van der Waals surface area contributed by atoms with Crippen LogP contribution in [0.3, 0.4) is 0 Å². The Labute approximate surface area is 89.9 Å². The van der Waals surface area contributed by atoms with Crippen molar-refractivity contribution in [3.63, 3.8) is 0 Å². The molecule has 0 saturated carbocycles. The molecule has 16 heavy (non-hydrogen) atoms. The minimum absolute atomic E-state index is 0.259. The van der Waals surface area contributed by atoms with E-state index >= 15 is 0 Å². The molecule has 2 aromatic rings. The van der Waals surface area contributed by atoms with E-state index < -0.39 is 12.7 Å². The first-order chi connectivity index (χ1) is 7.51. The summed E-state index contributed by atoms with van der Waals surface area (Å²) >= 11 is 0. The van der Waals surface area contributed by atoms with Crippen molar-refractivity contribution >= 4 is 10.9 Å². The van der Waals surface area contributed by atoms with Gasteiger partial charge in [-0.25, -0.2) is 0 Å². The molecule has 5 heteroatoms. The number of nitrogens with zero attached hydrogens (tertiary/aromatic N) is 1. The minimum Gasteiger partial charge on any atom is -0.392 e. The Kier molecular flexibility index (Phi) is 2.63. The lowest BCUT2D eigenvalue weighted by molar-refractivity contribution is -0.139. The molecule has 0 aliphatic rings. The average Bonchev–Trinajstić information content (AvgIpc) is 2.55. The van der Waals surface area contributed by atoms with E-state index in [4.69, 9.17) is 5.11 Å². The summed E-state index contributed by atoms with van der Waals surface area (Å²) in [6, 6.07) is 6.73. The normalized spacial score (nSPS) is 12.2. The molecule has 86 valence electrons. The zero-order valence-electron chi connectivity index (χ0n) is 8.33. The Hall–Kier alpha value is -1.49. The molecule has 0 spiro atoms. The lowest BCUT2D eigenvalue weighted by Crippen LogP contribution is -2.16. The van der Waals surface area contributed by atoms with Gasteiger partial charge in [0.05, 0.1) is 6.61 Å². The maximum Gasteiger partial charge on any atom is 0.406 e. The van der Waals surface area contributed by atoms with Gasteiger partial charge in [-0.1, -0.05) is 18.2 Å². The molecular weight excluding hydrogens is 219 g/mol. The Balaban J connectivity index is 2.53. The van der Waals surface area contributed by atoms with Crippen molar-refractivity contribution in [1.29, 1.82) is 0 Å². The van der Waals surface area contributed by atoms with E-state index in [1.807, 2.05) is 0 Å². The number of fused-ring (bicyclic) bond motifs is 1. The van der Waals surface area contributed by atoms with Crippen molar-refractivity contribution in [3.05, 3.63) is 36.0 Å². The van der Waals surface area contributed by atoms with Crippen LogP contribution in [0.4, 0.5) is 13.2 Å². The van der Waals surface area contributed by atoms with Crippen LogP contribution in [0.1, 0.15) is 5.56 Å². The lowest BCUT2D eigenvalue weighted by atomic mass is 10.2. The second-order valence-electron chi connectivity index (χ2n) is 3.57. The summed E-state index contributed by atoms with van der Waals surface area (Å²) in [5.74, 6) is 0. The number of aliphatic hydroxyl groups is 1. The summed E-state index contributed by atoms with van der Waals surface area (Å²) in [4.78, 5) is 0. The number of halogens is 3. The molecule has 0 bridgehead atoms. The molecule has 0 amide bonds. The number of hydrogen-bond acceptors (Lipinski definition) is 1. The summed E-state index contributed by atoms with van der Waals surface area (Å²) in [5, 5.41) is 9.71. The second kappa shape index (κ2) is 3.83. The third-order valence-electron chi connectivity index (χ3n) is 2.39. The monoisotopic (exact) mass is 229 g/mol.